The summed E-state index contributed by atoms with van der Waals surface area (Å²) < 4.78 is 23.8. The van der Waals surface area contributed by atoms with Gasteiger partial charge in [0.15, 0.2) is 0 Å². The van der Waals surface area contributed by atoms with Crippen molar-refractivity contribution >= 4 is 8.25 Å². The number of rotatable bonds is 22. The van der Waals surface area contributed by atoms with Gasteiger partial charge in [-0.15, -0.1) is 0 Å². The highest BCUT2D eigenvalue weighted by molar-refractivity contribution is 7.33. The Morgan fingerprint density at radius 3 is 1.10 bits per heavy atom. The quantitative estimate of drug-likeness (QED) is 0.110. The first-order valence-corrected chi connectivity index (χ1v) is 12.5. The first-order valence-electron chi connectivity index (χ1n) is 11.3. The van der Waals surface area contributed by atoms with Gasteiger partial charge in [-0.3, -0.25) is 23.4 Å². The van der Waals surface area contributed by atoms with Gasteiger partial charge in [-0.2, -0.15) is 0 Å². The highest BCUT2D eigenvalue weighted by Crippen LogP contribution is 2.30. The van der Waals surface area contributed by atoms with Gasteiger partial charge in [-0.1, -0.05) is 0 Å². The second kappa shape index (κ2) is 20.8. The van der Waals surface area contributed by atoms with E-state index in [1.165, 1.54) is 0 Å². The Hall–Kier alpha value is -0.0900. The molecular formula is C20H45N2O7P. The average Bonchev–Trinajstić information content (AvgIpc) is 2.71. The van der Waals surface area contributed by atoms with E-state index in [1.54, 1.807) is 0 Å². The molecule has 2 unspecified atom stereocenters. The number of hydrogen-bond donors (Lipinski definition) is 4. The predicted octanol–water partition coefficient (Wildman–Crippen LogP) is 1.80. The molecule has 0 amide bonds. The summed E-state index contributed by atoms with van der Waals surface area (Å²) in [4.78, 5) is 4.12. The van der Waals surface area contributed by atoms with E-state index in [2.05, 4.69) is 9.80 Å². The molecule has 9 nitrogen and oxygen atoms in total. The second-order valence-electron chi connectivity index (χ2n) is 7.48. The van der Waals surface area contributed by atoms with Gasteiger partial charge in [0.25, 0.3) is 0 Å². The van der Waals surface area contributed by atoms with Crippen LogP contribution in [-0.2, 0) is 13.6 Å². The lowest BCUT2D eigenvalue weighted by atomic mass is 10.2. The summed E-state index contributed by atoms with van der Waals surface area (Å²) in [5, 5.41) is 36.0. The SMILES string of the molecule is CC(O[PH](=O)OC(C)N(CCCCO)CCCCO)N(CCCCO)CCCCO. The maximum atomic E-state index is 12.5. The number of aliphatic hydroxyl groups excluding tert-OH is 4. The van der Waals surface area contributed by atoms with Gasteiger partial charge in [0.2, 0.25) is 0 Å². The third kappa shape index (κ3) is 15.7. The van der Waals surface area contributed by atoms with Crippen LogP contribution >= 0.6 is 8.25 Å². The Morgan fingerprint density at radius 2 is 0.867 bits per heavy atom. The van der Waals surface area contributed by atoms with E-state index < -0.39 is 20.7 Å². The number of nitrogens with zero attached hydrogens (tertiary/aromatic N) is 2. The van der Waals surface area contributed by atoms with Gasteiger partial charge in [0, 0.05) is 52.6 Å². The van der Waals surface area contributed by atoms with Crippen molar-refractivity contribution in [3.8, 4) is 0 Å². The lowest BCUT2D eigenvalue weighted by Crippen LogP contribution is -2.37. The van der Waals surface area contributed by atoms with Gasteiger partial charge in [-0.25, -0.2) is 0 Å². The van der Waals surface area contributed by atoms with Crippen LogP contribution in [0.5, 0.6) is 0 Å². The molecule has 2 atom stereocenters. The molecule has 0 fully saturated rings. The summed E-state index contributed by atoms with van der Waals surface area (Å²) in [7, 11) is -2.73. The second-order valence-corrected chi connectivity index (χ2v) is 8.45. The Kier molecular flexibility index (Phi) is 20.7. The summed E-state index contributed by atoms with van der Waals surface area (Å²) in [6.07, 6.45) is 5.25. The molecule has 10 heteroatoms. The van der Waals surface area contributed by atoms with Crippen molar-refractivity contribution in [3.05, 3.63) is 0 Å². The van der Waals surface area contributed by atoms with Crippen LogP contribution in [0.15, 0.2) is 0 Å². The maximum absolute atomic E-state index is 12.5. The molecule has 0 rings (SSSR count). The number of unbranched alkanes of at least 4 members (excludes halogenated alkanes) is 4. The molecule has 4 N–H and O–H groups in total. The van der Waals surface area contributed by atoms with E-state index in [-0.39, 0.29) is 26.4 Å². The molecule has 0 spiro atoms. The molecule has 182 valence electrons. The van der Waals surface area contributed by atoms with Crippen molar-refractivity contribution in [2.75, 3.05) is 52.6 Å². The first-order chi connectivity index (χ1) is 14.5. The van der Waals surface area contributed by atoms with Crippen LogP contribution in [0.4, 0.5) is 0 Å². The molecule has 0 saturated carbocycles. The summed E-state index contributed by atoms with van der Waals surface area (Å²) in [5.74, 6) is 0. The van der Waals surface area contributed by atoms with Gasteiger partial charge in [0.1, 0.15) is 12.5 Å². The fraction of sp³-hybridized carbons (Fsp3) is 1.00. The van der Waals surface area contributed by atoms with E-state index >= 15 is 0 Å². The minimum absolute atomic E-state index is 0.138. The molecule has 0 bridgehead atoms. The molecular weight excluding hydrogens is 411 g/mol. The topological polar surface area (TPSA) is 123 Å². The van der Waals surface area contributed by atoms with E-state index in [0.717, 1.165) is 25.7 Å². The van der Waals surface area contributed by atoms with Crippen LogP contribution in [-0.4, -0.2) is 95.3 Å². The van der Waals surface area contributed by atoms with Gasteiger partial charge in [-0.05, 0) is 65.2 Å². The smallest absolute Gasteiger partial charge is 0.322 e. The van der Waals surface area contributed by atoms with Crippen molar-refractivity contribution in [2.45, 2.75) is 77.7 Å². The lowest BCUT2D eigenvalue weighted by Gasteiger charge is -2.31. The molecule has 30 heavy (non-hydrogen) atoms. The fourth-order valence-corrected chi connectivity index (χ4v) is 4.02. The van der Waals surface area contributed by atoms with Crippen molar-refractivity contribution in [2.24, 2.45) is 0 Å². The Bertz CT molecular complexity index is 353. The molecule has 0 aliphatic carbocycles. The fourth-order valence-electron chi connectivity index (χ4n) is 3.11. The van der Waals surface area contributed by atoms with Crippen LogP contribution in [0.3, 0.4) is 0 Å². The third-order valence-corrected chi connectivity index (χ3v) is 6.04. The summed E-state index contributed by atoms with van der Waals surface area (Å²) in [6, 6.07) is 0. The molecule has 0 radical (unpaired) electrons. The Balaban J connectivity index is 4.64. The number of aliphatic hydroxyl groups is 4. The summed E-state index contributed by atoms with van der Waals surface area (Å²) in [5.41, 5.74) is 0. The zero-order chi connectivity index (χ0) is 22.6. The number of hydrogen-bond acceptors (Lipinski definition) is 9. The summed E-state index contributed by atoms with van der Waals surface area (Å²) >= 11 is 0. The van der Waals surface area contributed by atoms with Gasteiger partial charge < -0.3 is 20.4 Å². The monoisotopic (exact) mass is 456 g/mol. The molecule has 0 saturated heterocycles. The lowest BCUT2D eigenvalue weighted by molar-refractivity contribution is -0.00621. The van der Waals surface area contributed by atoms with Crippen molar-refractivity contribution in [3.63, 3.8) is 0 Å². The van der Waals surface area contributed by atoms with Crippen molar-refractivity contribution in [1.82, 2.24) is 9.80 Å². The molecule has 0 aliphatic heterocycles. The maximum Gasteiger partial charge on any atom is 0.322 e. The van der Waals surface area contributed by atoms with E-state index in [9.17, 15) is 4.57 Å². The molecule has 0 heterocycles. The van der Waals surface area contributed by atoms with Gasteiger partial charge in [0.05, 0.1) is 0 Å². The summed E-state index contributed by atoms with van der Waals surface area (Å²) in [6.45, 7) is 7.10. The van der Waals surface area contributed by atoms with Crippen LogP contribution in [0.1, 0.15) is 65.2 Å². The minimum atomic E-state index is -2.73. The molecule has 0 aromatic carbocycles. The molecule has 0 aromatic heterocycles. The van der Waals surface area contributed by atoms with E-state index in [4.69, 9.17) is 29.5 Å². The van der Waals surface area contributed by atoms with Crippen molar-refractivity contribution < 1.29 is 34.0 Å². The first kappa shape index (κ1) is 29.9. The van der Waals surface area contributed by atoms with Crippen LogP contribution in [0, 0.1) is 0 Å². The normalized spacial score (nSPS) is 15.1. The van der Waals surface area contributed by atoms with Crippen LogP contribution in [0.25, 0.3) is 0 Å². The minimum Gasteiger partial charge on any atom is -0.396 e. The van der Waals surface area contributed by atoms with Crippen LogP contribution < -0.4 is 0 Å². The van der Waals surface area contributed by atoms with E-state index in [0.29, 0.717) is 51.9 Å². The van der Waals surface area contributed by atoms with E-state index in [1.807, 2.05) is 13.8 Å². The third-order valence-electron chi connectivity index (χ3n) is 4.98. The Labute approximate surface area is 182 Å². The van der Waals surface area contributed by atoms with Crippen LogP contribution in [0.2, 0.25) is 0 Å². The largest absolute Gasteiger partial charge is 0.396 e. The molecule has 0 aromatic rings. The zero-order valence-electron chi connectivity index (χ0n) is 18.9. The standard InChI is InChI=1S/C20H45N2O7P/c1-19(21(11-3-7-15-23)12-4-8-16-24)28-30(27)29-20(2)22(13-5-9-17-25)14-6-10-18-26/h19-20,23-26,30H,3-18H2,1-2H3. The highest BCUT2D eigenvalue weighted by atomic mass is 31.1. The highest BCUT2D eigenvalue weighted by Gasteiger charge is 2.21. The Morgan fingerprint density at radius 1 is 0.600 bits per heavy atom. The van der Waals surface area contributed by atoms with Crippen molar-refractivity contribution in [1.29, 1.82) is 0 Å². The average molecular weight is 457 g/mol. The predicted molar refractivity (Wildman–Crippen MR) is 119 cm³/mol. The molecule has 0 aliphatic rings. The van der Waals surface area contributed by atoms with Gasteiger partial charge >= 0.3 is 8.25 Å². The zero-order valence-corrected chi connectivity index (χ0v) is 19.9.